The number of rotatable bonds is 4. The van der Waals surface area contributed by atoms with E-state index in [0.29, 0.717) is 40.7 Å². The Kier molecular flexibility index (Phi) is 9.31. The molecule has 1 N–H and O–H groups in total. The van der Waals surface area contributed by atoms with E-state index in [1.54, 1.807) is 32.0 Å². The van der Waals surface area contributed by atoms with Crippen molar-refractivity contribution in [2.24, 2.45) is 5.41 Å². The summed E-state index contributed by atoms with van der Waals surface area (Å²) in [6.07, 6.45) is 4.19. The molecular weight excluding hydrogens is 600 g/mol. The van der Waals surface area contributed by atoms with Gasteiger partial charge in [-0.1, -0.05) is 42.7 Å². The molecule has 3 aliphatic heterocycles. The number of hydrogen-bond acceptors (Lipinski definition) is 9. The van der Waals surface area contributed by atoms with Gasteiger partial charge in [0.1, 0.15) is 23.7 Å². The highest BCUT2D eigenvalue weighted by atomic mass is 16.6. The second-order valence-corrected chi connectivity index (χ2v) is 14.0. The van der Waals surface area contributed by atoms with Crippen molar-refractivity contribution in [2.45, 2.75) is 103 Å². The van der Waals surface area contributed by atoms with Gasteiger partial charge >= 0.3 is 17.6 Å². The van der Waals surface area contributed by atoms with Crippen LogP contribution in [0.4, 0.5) is 0 Å². The van der Waals surface area contributed by atoms with Gasteiger partial charge in [-0.2, -0.15) is 0 Å². The van der Waals surface area contributed by atoms with Crippen LogP contribution < -0.4 is 10.4 Å². The zero-order valence-electron chi connectivity index (χ0n) is 27.7. The monoisotopic (exact) mass is 644 g/mol. The van der Waals surface area contributed by atoms with Crippen LogP contribution in [0.2, 0.25) is 0 Å². The van der Waals surface area contributed by atoms with E-state index in [-0.39, 0.29) is 30.4 Å². The van der Waals surface area contributed by atoms with Gasteiger partial charge in [0.2, 0.25) is 0 Å². The maximum absolute atomic E-state index is 14.1. The molecule has 47 heavy (non-hydrogen) atoms. The average Bonchev–Trinajstić information content (AvgIpc) is 3.46. The molecule has 4 heterocycles. The summed E-state index contributed by atoms with van der Waals surface area (Å²) in [4.78, 5) is 41.2. The Balaban J connectivity index is 1.47. The maximum Gasteiger partial charge on any atom is 0.339 e. The summed E-state index contributed by atoms with van der Waals surface area (Å²) >= 11 is 0. The third-order valence-corrected chi connectivity index (χ3v) is 9.99. The topological polar surface area (TPSA) is 122 Å². The van der Waals surface area contributed by atoms with Gasteiger partial charge in [0.05, 0.1) is 18.6 Å². The molecule has 1 aliphatic carbocycles. The van der Waals surface area contributed by atoms with Crippen molar-refractivity contribution < 1.29 is 38.1 Å². The molecule has 0 saturated heterocycles. The second-order valence-electron chi connectivity index (χ2n) is 14.0. The fourth-order valence-electron chi connectivity index (χ4n) is 7.49. The van der Waals surface area contributed by atoms with E-state index >= 15 is 0 Å². The molecule has 1 aromatic heterocycles. The number of aryl methyl sites for hydroxylation is 1. The van der Waals surface area contributed by atoms with E-state index in [2.05, 4.69) is 24.3 Å². The molecule has 3 aromatic rings. The first kappa shape index (κ1) is 33.0. The summed E-state index contributed by atoms with van der Waals surface area (Å²) in [5, 5.41) is 9.59. The highest BCUT2D eigenvalue weighted by Gasteiger charge is 2.51. The minimum Gasteiger partial charge on any atom is -0.483 e. The van der Waals surface area contributed by atoms with Crippen LogP contribution >= 0.6 is 0 Å². The number of aliphatic hydroxyl groups excluding tert-OH is 1. The largest absolute Gasteiger partial charge is 0.483 e. The van der Waals surface area contributed by atoms with Gasteiger partial charge in [0.15, 0.2) is 12.2 Å². The molecule has 2 unspecified atom stereocenters. The first-order valence-electron chi connectivity index (χ1n) is 16.6. The molecule has 2 aromatic carbocycles. The molecule has 1 spiro atoms. The normalized spacial score (nSPS) is 22.4. The van der Waals surface area contributed by atoms with Crippen LogP contribution in [0.3, 0.4) is 0 Å². The quantitative estimate of drug-likeness (QED) is 0.112. The summed E-state index contributed by atoms with van der Waals surface area (Å²) in [5.74, 6) is -0.510. The Bertz CT molecular complexity index is 1740. The van der Waals surface area contributed by atoms with Crippen molar-refractivity contribution >= 4 is 22.9 Å². The molecule has 7 rings (SSSR count). The molecule has 0 radical (unpaired) electrons. The SMILES string of the molecule is CC(C)=C1CCc2ccc(cc2)CC2(CCCC2)CC(=O)OC2c3c(ccc4cc(CCOCO)c(=O)oc34)OC(C)(C)C2OC1=O. The van der Waals surface area contributed by atoms with Gasteiger partial charge in [-0.15, -0.1) is 0 Å². The molecule has 2 bridgehead atoms. The number of benzene rings is 2. The van der Waals surface area contributed by atoms with Gasteiger partial charge in [-0.25, -0.2) is 9.59 Å². The van der Waals surface area contributed by atoms with E-state index in [1.807, 2.05) is 13.8 Å². The Hall–Kier alpha value is -3.95. The Morgan fingerprint density at radius 1 is 0.936 bits per heavy atom. The molecule has 250 valence electrons. The predicted molar refractivity (Wildman–Crippen MR) is 175 cm³/mol. The standard InChI is InChI=1S/C38H44O9/c1-23(2)28-13-11-24-7-9-25(10-8-24)20-38(16-5-6-17-38)21-30(40)44-33-31-29(47-37(3,4)34(33)46-36(28)42)14-12-26-19-27(15-18-43-22-39)35(41)45-32(26)31/h7-10,12,14,19,33-34,39H,5-6,11,13,15-18,20-22H2,1-4H3. The number of fused-ring (bicyclic) bond motifs is 11. The number of carbonyl (C=O) groups excluding carboxylic acids is 2. The van der Waals surface area contributed by atoms with Gasteiger partial charge in [-0.05, 0) is 94.5 Å². The third kappa shape index (κ3) is 6.87. The van der Waals surface area contributed by atoms with Crippen molar-refractivity contribution in [1.82, 2.24) is 0 Å². The molecule has 2 atom stereocenters. The summed E-state index contributed by atoms with van der Waals surface area (Å²) < 4.78 is 30.1. The zero-order chi connectivity index (χ0) is 33.3. The average molecular weight is 645 g/mol. The van der Waals surface area contributed by atoms with Crippen LogP contribution in [0.15, 0.2) is 62.8 Å². The van der Waals surface area contributed by atoms with E-state index in [9.17, 15) is 14.4 Å². The number of ether oxygens (including phenoxy) is 4. The van der Waals surface area contributed by atoms with Crippen molar-refractivity contribution in [3.05, 3.63) is 86.3 Å². The van der Waals surface area contributed by atoms with Crippen molar-refractivity contribution in [3.63, 3.8) is 0 Å². The van der Waals surface area contributed by atoms with Crippen LogP contribution in [-0.4, -0.2) is 42.1 Å². The summed E-state index contributed by atoms with van der Waals surface area (Å²) in [7, 11) is 0. The van der Waals surface area contributed by atoms with Crippen LogP contribution in [0, 0.1) is 5.41 Å². The summed E-state index contributed by atoms with van der Waals surface area (Å²) in [6.45, 7) is 7.08. The molecule has 0 amide bonds. The number of esters is 2. The molecule has 4 aliphatic rings. The van der Waals surface area contributed by atoms with Crippen molar-refractivity contribution in [1.29, 1.82) is 0 Å². The highest BCUT2D eigenvalue weighted by molar-refractivity contribution is 5.90. The molecule has 1 fully saturated rings. The third-order valence-electron chi connectivity index (χ3n) is 9.99. The van der Waals surface area contributed by atoms with Crippen LogP contribution in [-0.2, 0) is 43.1 Å². The summed E-state index contributed by atoms with van der Waals surface area (Å²) in [5.41, 5.74) is 2.74. The smallest absolute Gasteiger partial charge is 0.339 e. The lowest BCUT2D eigenvalue weighted by Gasteiger charge is -2.43. The Morgan fingerprint density at radius 3 is 2.36 bits per heavy atom. The molecule has 1 saturated carbocycles. The number of allylic oxidation sites excluding steroid dienone is 1. The molecule has 9 heteroatoms. The lowest BCUT2D eigenvalue weighted by atomic mass is 9.77. The number of hydrogen-bond donors (Lipinski definition) is 1. The Labute approximate surface area is 274 Å². The maximum atomic E-state index is 14.1. The molecule has 9 nitrogen and oxygen atoms in total. The minimum atomic E-state index is -1.10. The lowest BCUT2D eigenvalue weighted by Crippen LogP contribution is -2.52. The zero-order valence-corrected chi connectivity index (χ0v) is 27.7. The van der Waals surface area contributed by atoms with Crippen LogP contribution in [0.5, 0.6) is 5.75 Å². The summed E-state index contributed by atoms with van der Waals surface area (Å²) in [6, 6.07) is 13.8. The van der Waals surface area contributed by atoms with Crippen molar-refractivity contribution in [3.8, 4) is 5.75 Å². The van der Waals surface area contributed by atoms with E-state index in [4.69, 9.17) is 28.5 Å². The minimum absolute atomic E-state index is 0.145. The van der Waals surface area contributed by atoms with Gasteiger partial charge in [0.25, 0.3) is 0 Å². The lowest BCUT2D eigenvalue weighted by molar-refractivity contribution is -0.189. The van der Waals surface area contributed by atoms with Crippen LogP contribution in [0.1, 0.15) is 94.6 Å². The van der Waals surface area contributed by atoms with Gasteiger partial charge < -0.3 is 28.5 Å². The Morgan fingerprint density at radius 2 is 1.66 bits per heavy atom. The first-order chi connectivity index (χ1) is 22.5. The van der Waals surface area contributed by atoms with E-state index < -0.39 is 42.2 Å². The van der Waals surface area contributed by atoms with Crippen molar-refractivity contribution in [2.75, 3.05) is 13.4 Å². The highest BCUT2D eigenvalue weighted by Crippen LogP contribution is 2.49. The number of aliphatic hydroxyl groups is 1. The molecular formula is C38H44O9. The van der Waals surface area contributed by atoms with E-state index in [0.717, 1.165) is 43.2 Å². The number of carbonyl (C=O) groups is 2. The van der Waals surface area contributed by atoms with E-state index in [1.165, 1.54) is 5.56 Å². The van der Waals surface area contributed by atoms with Gasteiger partial charge in [0, 0.05) is 22.9 Å². The fourth-order valence-corrected chi connectivity index (χ4v) is 7.49. The fraction of sp³-hybridized carbons (Fsp3) is 0.500. The van der Waals surface area contributed by atoms with Crippen LogP contribution in [0.25, 0.3) is 11.0 Å². The second kappa shape index (κ2) is 13.3. The first-order valence-corrected chi connectivity index (χ1v) is 16.6. The predicted octanol–water partition coefficient (Wildman–Crippen LogP) is 6.44. The van der Waals surface area contributed by atoms with Gasteiger partial charge in [-0.3, -0.25) is 4.79 Å².